The van der Waals surface area contributed by atoms with Crippen molar-refractivity contribution >= 4 is 23.2 Å². The molecule has 0 saturated heterocycles. The van der Waals surface area contributed by atoms with Crippen molar-refractivity contribution < 1.29 is 0 Å². The Labute approximate surface area is 70.8 Å². The first-order valence-electron chi connectivity index (χ1n) is 2.75. The summed E-state index contributed by atoms with van der Waals surface area (Å²) in [6.07, 6.45) is 0. The summed E-state index contributed by atoms with van der Waals surface area (Å²) in [6.45, 7) is 7.42. The molecule has 0 bridgehead atoms. The molecule has 1 aromatic rings. The van der Waals surface area contributed by atoms with Gasteiger partial charge in [0.2, 0.25) is 0 Å². The van der Waals surface area contributed by atoms with E-state index in [9.17, 15) is 0 Å². The standard InChI is InChI=1S/C8H6Cl2/c1-5-3-4-7(9)8(10)6(5)2/h3-4H,1-2H2. The molecule has 0 aliphatic carbocycles. The lowest BCUT2D eigenvalue weighted by Crippen LogP contribution is -1.81. The van der Waals surface area contributed by atoms with E-state index in [0.717, 1.165) is 5.56 Å². The highest BCUT2D eigenvalue weighted by atomic mass is 35.5. The maximum atomic E-state index is 5.75. The molecular formula is C8H6Cl2. The second kappa shape index (κ2) is 2.81. The topological polar surface area (TPSA) is 0 Å². The number of halogens is 2. The van der Waals surface area contributed by atoms with Crippen LogP contribution in [-0.4, -0.2) is 0 Å². The van der Waals surface area contributed by atoms with E-state index in [0.29, 0.717) is 15.6 Å². The lowest BCUT2D eigenvalue weighted by atomic mass is 10.1. The quantitative estimate of drug-likeness (QED) is 0.564. The van der Waals surface area contributed by atoms with Gasteiger partial charge in [0.25, 0.3) is 0 Å². The van der Waals surface area contributed by atoms with Gasteiger partial charge in [-0.3, -0.25) is 0 Å². The Kier molecular flexibility index (Phi) is 2.22. The minimum Gasteiger partial charge on any atom is -0.0827 e. The summed E-state index contributed by atoms with van der Waals surface area (Å²) in [5.74, 6) is 0. The molecular weight excluding hydrogens is 167 g/mol. The first-order valence-corrected chi connectivity index (χ1v) is 3.50. The van der Waals surface area contributed by atoms with E-state index in [1.54, 1.807) is 12.1 Å². The number of hydrogen-bond donors (Lipinski definition) is 0. The molecule has 1 aromatic carbocycles. The van der Waals surface area contributed by atoms with Crippen molar-refractivity contribution in [3.05, 3.63) is 47.2 Å². The lowest BCUT2D eigenvalue weighted by molar-refractivity contribution is 1.53. The minimum absolute atomic E-state index is 0.495. The predicted octanol–water partition coefficient (Wildman–Crippen LogP) is 3.36. The van der Waals surface area contributed by atoms with Crippen molar-refractivity contribution in [2.75, 3.05) is 0 Å². The number of benzene rings is 1. The maximum Gasteiger partial charge on any atom is 0.0627 e. The minimum atomic E-state index is 0.495. The third-order valence-electron chi connectivity index (χ3n) is 1.29. The van der Waals surface area contributed by atoms with Crippen LogP contribution in [0.2, 0.25) is 10.0 Å². The summed E-state index contributed by atoms with van der Waals surface area (Å²) in [6, 6.07) is 3.50. The van der Waals surface area contributed by atoms with Gasteiger partial charge in [-0.25, -0.2) is 0 Å². The Morgan fingerprint density at radius 2 is 1.70 bits per heavy atom. The zero-order chi connectivity index (χ0) is 7.72. The van der Waals surface area contributed by atoms with Crippen molar-refractivity contribution in [3.63, 3.8) is 0 Å². The molecule has 0 aliphatic rings. The fourth-order valence-corrected chi connectivity index (χ4v) is 0.994. The van der Waals surface area contributed by atoms with Crippen LogP contribution in [0, 0.1) is 13.8 Å². The highest BCUT2D eigenvalue weighted by molar-refractivity contribution is 6.42. The Bertz CT molecular complexity index is 227. The van der Waals surface area contributed by atoms with Gasteiger partial charge in [0.05, 0.1) is 10.0 Å². The van der Waals surface area contributed by atoms with Crippen molar-refractivity contribution in [1.29, 1.82) is 0 Å². The molecule has 0 aliphatic heterocycles. The van der Waals surface area contributed by atoms with Crippen LogP contribution in [-0.2, 0) is 0 Å². The van der Waals surface area contributed by atoms with Gasteiger partial charge in [-0.2, -0.15) is 0 Å². The molecule has 0 unspecified atom stereocenters. The van der Waals surface area contributed by atoms with Gasteiger partial charge in [0.1, 0.15) is 0 Å². The molecule has 0 spiro atoms. The van der Waals surface area contributed by atoms with E-state index in [1.807, 2.05) is 0 Å². The van der Waals surface area contributed by atoms with E-state index in [2.05, 4.69) is 13.8 Å². The van der Waals surface area contributed by atoms with E-state index >= 15 is 0 Å². The average Bonchev–Trinajstić information content (AvgIpc) is 1.93. The molecule has 10 heavy (non-hydrogen) atoms. The van der Waals surface area contributed by atoms with Crippen molar-refractivity contribution in [1.82, 2.24) is 0 Å². The summed E-state index contributed by atoms with van der Waals surface area (Å²) < 4.78 is 0. The van der Waals surface area contributed by atoms with Crippen molar-refractivity contribution in [3.8, 4) is 0 Å². The monoisotopic (exact) mass is 172 g/mol. The molecule has 52 valence electrons. The summed E-state index contributed by atoms with van der Waals surface area (Å²) >= 11 is 11.4. The molecule has 0 saturated carbocycles. The molecule has 0 heterocycles. The largest absolute Gasteiger partial charge is 0.0827 e. The van der Waals surface area contributed by atoms with Crippen LogP contribution < -0.4 is 0 Å². The van der Waals surface area contributed by atoms with Crippen molar-refractivity contribution in [2.24, 2.45) is 0 Å². The summed E-state index contributed by atoms with van der Waals surface area (Å²) in [4.78, 5) is 0. The highest BCUT2D eigenvalue weighted by Gasteiger charge is 2.01. The highest BCUT2D eigenvalue weighted by Crippen LogP contribution is 2.26. The predicted molar refractivity (Wildman–Crippen MR) is 45.4 cm³/mol. The smallest absolute Gasteiger partial charge is 0.0627 e. The molecule has 0 N–H and O–H groups in total. The Hall–Kier alpha value is -0.200. The summed E-state index contributed by atoms with van der Waals surface area (Å²) in [5, 5.41) is 1.02. The van der Waals surface area contributed by atoms with Gasteiger partial charge >= 0.3 is 0 Å². The first-order chi connectivity index (χ1) is 4.63. The molecule has 0 amide bonds. The van der Waals surface area contributed by atoms with E-state index in [4.69, 9.17) is 23.2 Å². The third-order valence-corrected chi connectivity index (χ3v) is 2.14. The SMILES string of the molecule is [CH2]c1ccc(Cl)c(Cl)c1[CH2]. The van der Waals surface area contributed by atoms with E-state index in [1.165, 1.54) is 0 Å². The van der Waals surface area contributed by atoms with Crippen molar-refractivity contribution in [2.45, 2.75) is 0 Å². The molecule has 2 heteroatoms. The molecule has 1 rings (SSSR count). The van der Waals surface area contributed by atoms with E-state index in [-0.39, 0.29) is 0 Å². The van der Waals surface area contributed by atoms with Crippen LogP contribution in [0.15, 0.2) is 12.1 Å². The van der Waals surface area contributed by atoms with Gasteiger partial charge in [0, 0.05) is 0 Å². The van der Waals surface area contributed by atoms with Crippen LogP contribution in [0.5, 0.6) is 0 Å². The van der Waals surface area contributed by atoms with Crippen LogP contribution >= 0.6 is 23.2 Å². The Morgan fingerprint density at radius 3 is 2.20 bits per heavy atom. The van der Waals surface area contributed by atoms with Crippen LogP contribution in [0.4, 0.5) is 0 Å². The van der Waals surface area contributed by atoms with Gasteiger partial charge < -0.3 is 0 Å². The second-order valence-electron chi connectivity index (χ2n) is 2.00. The van der Waals surface area contributed by atoms with E-state index < -0.39 is 0 Å². The molecule has 0 aromatic heterocycles. The van der Waals surface area contributed by atoms with Gasteiger partial charge in [-0.15, -0.1) is 0 Å². The normalized spacial score (nSPS) is 10.0. The fraction of sp³-hybridized carbons (Fsp3) is 0. The van der Waals surface area contributed by atoms with Gasteiger partial charge in [-0.05, 0) is 31.0 Å². The fourth-order valence-electron chi connectivity index (χ4n) is 0.633. The summed E-state index contributed by atoms with van der Waals surface area (Å²) in [7, 11) is 0. The zero-order valence-electron chi connectivity index (χ0n) is 5.32. The molecule has 0 fully saturated rings. The van der Waals surface area contributed by atoms with Gasteiger partial charge in [0.15, 0.2) is 0 Å². The first kappa shape index (κ1) is 7.90. The lowest BCUT2D eigenvalue weighted by Gasteiger charge is -2.02. The third kappa shape index (κ3) is 1.28. The Morgan fingerprint density at radius 1 is 1.10 bits per heavy atom. The van der Waals surface area contributed by atoms with Crippen LogP contribution in [0.3, 0.4) is 0 Å². The molecule has 2 radical (unpaired) electrons. The second-order valence-corrected chi connectivity index (χ2v) is 2.78. The average molecular weight is 173 g/mol. The van der Waals surface area contributed by atoms with Gasteiger partial charge in [-0.1, -0.05) is 29.3 Å². The number of hydrogen-bond acceptors (Lipinski definition) is 0. The molecule has 0 nitrogen and oxygen atoms in total. The summed E-state index contributed by atoms with van der Waals surface area (Å²) in [5.41, 5.74) is 1.52. The maximum absolute atomic E-state index is 5.75. The van der Waals surface area contributed by atoms with Crippen LogP contribution in [0.25, 0.3) is 0 Å². The molecule has 0 atom stereocenters. The Balaban J connectivity index is 3.34. The zero-order valence-corrected chi connectivity index (χ0v) is 6.84. The van der Waals surface area contributed by atoms with Crippen LogP contribution in [0.1, 0.15) is 11.1 Å². The number of rotatable bonds is 0.